The zero-order valence-electron chi connectivity index (χ0n) is 36.8. The van der Waals surface area contributed by atoms with Crippen molar-refractivity contribution in [1.29, 1.82) is 0 Å². The Kier molecular flexibility index (Phi) is 12.7. The summed E-state index contributed by atoms with van der Waals surface area (Å²) in [6.45, 7) is 12.0. The monoisotopic (exact) mass is 884 g/mol. The molecule has 5 saturated heterocycles. The summed E-state index contributed by atoms with van der Waals surface area (Å²) in [5.74, 6) is 1.38. The van der Waals surface area contributed by atoms with Crippen LogP contribution < -0.4 is 0 Å². The highest BCUT2D eigenvalue weighted by Gasteiger charge is 2.69. The second-order valence-electron chi connectivity index (χ2n) is 21.2. The number of hydrogen-bond donors (Lipinski definition) is 9. The number of allylic oxidation sites excluding steroid dienone is 1. The van der Waals surface area contributed by atoms with Crippen molar-refractivity contribution in [2.75, 3.05) is 13.2 Å². The number of hydrogen-bond acceptors (Lipinski definition) is 17. The summed E-state index contributed by atoms with van der Waals surface area (Å²) in [6, 6.07) is 0. The van der Waals surface area contributed by atoms with E-state index in [-0.39, 0.29) is 28.8 Å². The van der Waals surface area contributed by atoms with Gasteiger partial charge in [0.1, 0.15) is 61.0 Å². The normalized spacial score (nSPS) is 58.9. The summed E-state index contributed by atoms with van der Waals surface area (Å²) < 4.78 is 50.3. The van der Waals surface area contributed by atoms with E-state index in [1.54, 1.807) is 0 Å². The molecule has 9 rings (SSSR count). The second kappa shape index (κ2) is 17.0. The number of ether oxygens (including phenoxy) is 8. The molecule has 9 N–H and O–H groups in total. The van der Waals surface area contributed by atoms with Crippen molar-refractivity contribution in [2.45, 2.75) is 209 Å². The van der Waals surface area contributed by atoms with Gasteiger partial charge in [0.2, 0.25) is 0 Å². The maximum absolute atomic E-state index is 11.6. The highest BCUT2D eigenvalue weighted by Crippen LogP contribution is 2.70. The molecule has 1 spiro atoms. The molecule has 0 aromatic carbocycles. The third-order valence-electron chi connectivity index (χ3n) is 17.8. The quantitative estimate of drug-likeness (QED) is 0.155. The summed E-state index contributed by atoms with van der Waals surface area (Å²) in [4.78, 5) is 0. The van der Waals surface area contributed by atoms with Crippen molar-refractivity contribution in [3.05, 3.63) is 11.6 Å². The summed E-state index contributed by atoms with van der Waals surface area (Å²) in [5.41, 5.74) is 1.35. The fourth-order valence-electron chi connectivity index (χ4n) is 14.0. The Morgan fingerprint density at radius 3 is 1.98 bits per heavy atom. The van der Waals surface area contributed by atoms with Crippen LogP contribution in [0.3, 0.4) is 0 Å². The molecule has 0 aromatic heterocycles. The Morgan fingerprint density at radius 1 is 0.710 bits per heavy atom. The van der Waals surface area contributed by atoms with Crippen LogP contribution in [0, 0.1) is 46.3 Å². The predicted octanol–water partition coefficient (Wildman–Crippen LogP) is 0.213. The first-order valence-corrected chi connectivity index (χ1v) is 23.3. The van der Waals surface area contributed by atoms with Gasteiger partial charge in [0.25, 0.3) is 0 Å². The topological polar surface area (TPSA) is 256 Å². The van der Waals surface area contributed by atoms with Gasteiger partial charge in [-0.05, 0) is 93.3 Å². The first-order valence-electron chi connectivity index (χ1n) is 23.3. The van der Waals surface area contributed by atoms with Crippen LogP contribution in [0.15, 0.2) is 11.6 Å². The number of fused-ring (bicyclic) bond motifs is 7. The van der Waals surface area contributed by atoms with Crippen molar-refractivity contribution in [3.8, 4) is 0 Å². The van der Waals surface area contributed by atoms with E-state index >= 15 is 0 Å². The molecule has 5 heterocycles. The number of rotatable bonds is 7. The second-order valence-corrected chi connectivity index (χ2v) is 21.2. The molecule has 4 aliphatic carbocycles. The molecule has 354 valence electrons. The summed E-state index contributed by atoms with van der Waals surface area (Å²) >= 11 is 0. The van der Waals surface area contributed by atoms with Gasteiger partial charge in [-0.25, -0.2) is 0 Å². The van der Waals surface area contributed by atoms with E-state index in [1.165, 1.54) is 19.4 Å². The molecule has 8 fully saturated rings. The van der Waals surface area contributed by atoms with Gasteiger partial charge >= 0.3 is 0 Å². The molecule has 0 radical (unpaired) electrons. The van der Waals surface area contributed by atoms with E-state index < -0.39 is 117 Å². The molecule has 5 aliphatic heterocycles. The largest absolute Gasteiger partial charge is 0.394 e. The first-order chi connectivity index (χ1) is 29.3. The smallest absolute Gasteiger partial charge is 0.187 e. The van der Waals surface area contributed by atoms with Crippen molar-refractivity contribution >= 4 is 0 Å². The fourth-order valence-corrected chi connectivity index (χ4v) is 14.0. The Morgan fingerprint density at radius 2 is 1.35 bits per heavy atom. The van der Waals surface area contributed by atoms with Crippen LogP contribution >= 0.6 is 0 Å². The molecular weight excluding hydrogens is 812 g/mol. The zero-order valence-corrected chi connectivity index (χ0v) is 36.8. The molecule has 27 atom stereocenters. The van der Waals surface area contributed by atoms with Crippen LogP contribution in [0.2, 0.25) is 0 Å². The Labute approximate surface area is 363 Å². The van der Waals surface area contributed by atoms with Crippen LogP contribution in [-0.4, -0.2) is 175 Å². The van der Waals surface area contributed by atoms with Crippen molar-refractivity contribution in [1.82, 2.24) is 0 Å². The van der Waals surface area contributed by atoms with Gasteiger partial charge < -0.3 is 83.9 Å². The Hall–Kier alpha value is -0.940. The summed E-state index contributed by atoms with van der Waals surface area (Å²) in [5, 5.41) is 96.7. The molecule has 17 nitrogen and oxygen atoms in total. The minimum atomic E-state index is -1.74. The maximum Gasteiger partial charge on any atom is 0.187 e. The molecule has 0 bridgehead atoms. The van der Waals surface area contributed by atoms with Gasteiger partial charge in [0.15, 0.2) is 24.7 Å². The molecular formula is C45H72O17. The molecule has 9 aliphatic rings. The zero-order chi connectivity index (χ0) is 44.4. The van der Waals surface area contributed by atoms with Crippen molar-refractivity contribution in [2.24, 2.45) is 46.3 Å². The average Bonchev–Trinajstić information content (AvgIpc) is 3.69. The van der Waals surface area contributed by atoms with Gasteiger partial charge in [-0.3, -0.25) is 0 Å². The van der Waals surface area contributed by atoms with Gasteiger partial charge in [0, 0.05) is 18.3 Å². The first kappa shape index (κ1) is 46.2. The fraction of sp³-hybridized carbons (Fsp3) is 0.956. The molecule has 62 heavy (non-hydrogen) atoms. The molecule has 17 heteroatoms. The number of aliphatic hydroxyl groups excluding tert-OH is 9. The van der Waals surface area contributed by atoms with Crippen LogP contribution in [0.25, 0.3) is 0 Å². The number of aliphatic hydroxyl groups is 9. The highest BCUT2D eigenvalue weighted by molar-refractivity contribution is 5.26. The SMILES string of the molecule is CC1COC2(CC1O)OC1CC3C4CC=C5CC(OC6OC(CO)C(O)C(OC7OC(C)C(O)C(O)C7O)C6OC6OC(C)C(O)C(O)C6O)CCC5(C)C4CCC3(C)C1C2C. The lowest BCUT2D eigenvalue weighted by Gasteiger charge is -2.59. The van der Waals surface area contributed by atoms with Crippen molar-refractivity contribution < 1.29 is 83.9 Å². The van der Waals surface area contributed by atoms with Crippen LogP contribution in [-0.2, 0) is 37.9 Å². The van der Waals surface area contributed by atoms with Crippen LogP contribution in [0.5, 0.6) is 0 Å². The van der Waals surface area contributed by atoms with Crippen molar-refractivity contribution in [3.63, 3.8) is 0 Å². The molecule has 0 aromatic rings. The Balaban J connectivity index is 0.936. The van der Waals surface area contributed by atoms with E-state index in [4.69, 9.17) is 37.9 Å². The standard InChI is InChI=1S/C45H72O17/c1-18-17-55-45(15-27(18)47)19(2)30-28(62-45)14-26-24-8-7-22-13-23(9-11-43(22,5)25(24)10-12-44(26,30)6)58-42-39(61-41-37(54)35(52)32(49)21(4)57-41)38(33(50)29(16-46)59-42)60-40-36(53)34(51)31(48)20(3)56-40/h7,18-21,23-42,46-54H,8-17H2,1-6H3. The summed E-state index contributed by atoms with van der Waals surface area (Å²) in [7, 11) is 0. The van der Waals surface area contributed by atoms with Gasteiger partial charge in [-0.1, -0.05) is 39.3 Å². The van der Waals surface area contributed by atoms with E-state index in [9.17, 15) is 46.0 Å². The van der Waals surface area contributed by atoms with E-state index in [2.05, 4.69) is 26.8 Å². The molecule has 0 amide bonds. The minimum Gasteiger partial charge on any atom is -0.394 e. The van der Waals surface area contributed by atoms with Crippen LogP contribution in [0.4, 0.5) is 0 Å². The molecule has 3 saturated carbocycles. The lowest BCUT2D eigenvalue weighted by atomic mass is 9.47. The third kappa shape index (κ3) is 7.40. The van der Waals surface area contributed by atoms with Gasteiger partial charge in [-0.15, -0.1) is 0 Å². The van der Waals surface area contributed by atoms with E-state index in [0.717, 1.165) is 32.1 Å². The average molecular weight is 885 g/mol. The minimum absolute atomic E-state index is 0.0647. The predicted molar refractivity (Wildman–Crippen MR) is 214 cm³/mol. The third-order valence-corrected chi connectivity index (χ3v) is 17.8. The van der Waals surface area contributed by atoms with Gasteiger partial charge in [-0.2, -0.15) is 0 Å². The van der Waals surface area contributed by atoms with E-state index in [1.807, 2.05) is 6.92 Å². The van der Waals surface area contributed by atoms with E-state index in [0.29, 0.717) is 49.5 Å². The van der Waals surface area contributed by atoms with Crippen LogP contribution in [0.1, 0.15) is 92.9 Å². The van der Waals surface area contributed by atoms with Gasteiger partial charge in [0.05, 0.1) is 43.7 Å². The molecule has 27 unspecified atom stereocenters. The summed E-state index contributed by atoms with van der Waals surface area (Å²) in [6.07, 6.45) is -13.4. The lowest BCUT2D eigenvalue weighted by molar-refractivity contribution is -0.393. The maximum atomic E-state index is 11.6. The lowest BCUT2D eigenvalue weighted by Crippen LogP contribution is -2.67. The Bertz CT molecular complexity index is 1640. The highest BCUT2D eigenvalue weighted by atomic mass is 16.8.